The standard InChI is InChI=1S/C26H35N3OSi/c1-19(2)31(20(3)4,21(5)26(27)30)29-16-14-24(18-29)23-13-15-28-25(17-23)12-11-22-9-7-6-8-10-22/h6-10,13-21H,11-12H2,1-5H3,(H2,27,30). The predicted molar refractivity (Wildman–Crippen MR) is 131 cm³/mol. The molecule has 0 aliphatic rings. The number of hydrogen-bond acceptors (Lipinski definition) is 2. The third-order valence-corrected chi connectivity index (χ3v) is 13.3. The van der Waals surface area contributed by atoms with Crippen LogP contribution >= 0.6 is 0 Å². The zero-order valence-corrected chi connectivity index (χ0v) is 20.4. The molecule has 3 aromatic rings. The topological polar surface area (TPSA) is 60.9 Å². The molecule has 0 radical (unpaired) electrons. The molecule has 1 unspecified atom stereocenters. The Morgan fingerprint density at radius 1 is 0.968 bits per heavy atom. The van der Waals surface area contributed by atoms with E-state index >= 15 is 0 Å². The van der Waals surface area contributed by atoms with Gasteiger partial charge in [-0.3, -0.25) is 9.78 Å². The summed E-state index contributed by atoms with van der Waals surface area (Å²) in [6.07, 6.45) is 8.17. The molecule has 0 aliphatic carbocycles. The van der Waals surface area contributed by atoms with Crippen molar-refractivity contribution < 1.29 is 4.79 Å². The molecule has 1 atom stereocenters. The van der Waals surface area contributed by atoms with Gasteiger partial charge in [-0.2, -0.15) is 0 Å². The van der Waals surface area contributed by atoms with Crippen LogP contribution in [0, 0.1) is 0 Å². The van der Waals surface area contributed by atoms with Gasteiger partial charge in [-0.1, -0.05) is 65.0 Å². The highest BCUT2D eigenvalue weighted by Crippen LogP contribution is 2.43. The van der Waals surface area contributed by atoms with Crippen molar-refractivity contribution in [2.45, 2.75) is 64.1 Å². The number of amides is 1. The van der Waals surface area contributed by atoms with E-state index in [1.807, 2.05) is 19.2 Å². The summed E-state index contributed by atoms with van der Waals surface area (Å²) >= 11 is 0. The molecule has 0 bridgehead atoms. The molecule has 1 aromatic carbocycles. The first-order valence-corrected chi connectivity index (χ1v) is 13.4. The molecular formula is C26H35N3OSi. The smallest absolute Gasteiger partial charge is 0.219 e. The molecule has 3 rings (SSSR count). The minimum Gasteiger partial charge on any atom is -0.378 e. The van der Waals surface area contributed by atoms with Crippen molar-refractivity contribution in [2.75, 3.05) is 0 Å². The fourth-order valence-corrected chi connectivity index (χ4v) is 11.4. The predicted octanol–water partition coefficient (Wildman–Crippen LogP) is 5.82. The second kappa shape index (κ2) is 9.65. The average molecular weight is 434 g/mol. The monoisotopic (exact) mass is 433 g/mol. The molecule has 0 fully saturated rings. The summed E-state index contributed by atoms with van der Waals surface area (Å²) in [6.45, 7) is 11.0. The maximum absolute atomic E-state index is 12.3. The van der Waals surface area contributed by atoms with E-state index in [0.29, 0.717) is 11.1 Å². The van der Waals surface area contributed by atoms with Crippen LogP contribution in [-0.4, -0.2) is 23.4 Å². The Morgan fingerprint density at radius 2 is 1.65 bits per heavy atom. The number of rotatable bonds is 9. The number of primary amides is 1. The van der Waals surface area contributed by atoms with E-state index in [1.54, 1.807) is 0 Å². The molecule has 164 valence electrons. The van der Waals surface area contributed by atoms with Crippen LogP contribution < -0.4 is 5.73 Å². The minimum atomic E-state index is -2.25. The van der Waals surface area contributed by atoms with E-state index in [0.717, 1.165) is 18.5 Å². The number of aromatic nitrogens is 2. The minimum absolute atomic E-state index is 0.147. The molecule has 31 heavy (non-hydrogen) atoms. The fourth-order valence-electron chi connectivity index (χ4n) is 5.23. The third kappa shape index (κ3) is 4.66. The first-order chi connectivity index (χ1) is 14.8. The second-order valence-electron chi connectivity index (χ2n) is 9.15. The van der Waals surface area contributed by atoms with Crippen molar-refractivity contribution in [2.24, 2.45) is 5.73 Å². The molecule has 2 aromatic heterocycles. The normalized spacial score (nSPS) is 13.0. The molecule has 0 spiro atoms. The molecule has 2 heterocycles. The van der Waals surface area contributed by atoms with Gasteiger partial charge in [-0.05, 0) is 65.0 Å². The third-order valence-electron chi connectivity index (χ3n) is 6.77. The van der Waals surface area contributed by atoms with Crippen LogP contribution in [0.5, 0.6) is 0 Å². The summed E-state index contributed by atoms with van der Waals surface area (Å²) in [7, 11) is -2.25. The van der Waals surface area contributed by atoms with Crippen molar-refractivity contribution in [3.8, 4) is 11.1 Å². The van der Waals surface area contributed by atoms with Crippen LogP contribution in [0.4, 0.5) is 0 Å². The Labute approximate surface area is 187 Å². The molecule has 0 saturated heterocycles. The van der Waals surface area contributed by atoms with Gasteiger partial charge in [-0.25, -0.2) is 0 Å². The SMILES string of the molecule is CC(C)[Si](C(C)C)(C(C)C(N)=O)n1ccc(-c2ccnc(CCc3ccccc3)c2)c1. The van der Waals surface area contributed by atoms with Crippen molar-refractivity contribution in [1.82, 2.24) is 9.22 Å². The number of nitrogens with two attached hydrogens (primary N) is 1. The van der Waals surface area contributed by atoms with Gasteiger partial charge in [0.15, 0.2) is 8.24 Å². The number of pyridine rings is 1. The van der Waals surface area contributed by atoms with E-state index in [4.69, 9.17) is 5.73 Å². The second-order valence-corrected chi connectivity index (χ2v) is 14.6. The lowest BCUT2D eigenvalue weighted by Gasteiger charge is -2.43. The van der Waals surface area contributed by atoms with Gasteiger partial charge in [0.2, 0.25) is 5.91 Å². The number of aryl methyl sites for hydroxylation is 2. The lowest BCUT2D eigenvalue weighted by molar-refractivity contribution is -0.117. The molecule has 1 amide bonds. The Kier molecular flexibility index (Phi) is 7.16. The van der Waals surface area contributed by atoms with Gasteiger partial charge in [0, 0.05) is 23.6 Å². The molecule has 5 heteroatoms. The van der Waals surface area contributed by atoms with Crippen molar-refractivity contribution in [3.05, 3.63) is 78.4 Å². The van der Waals surface area contributed by atoms with Crippen molar-refractivity contribution >= 4 is 14.1 Å². The van der Waals surface area contributed by atoms with E-state index in [-0.39, 0.29) is 11.4 Å². The molecule has 2 N–H and O–H groups in total. The first kappa shape index (κ1) is 23.0. The Morgan fingerprint density at radius 3 is 2.26 bits per heavy atom. The summed E-state index contributed by atoms with van der Waals surface area (Å²) < 4.78 is 2.36. The quantitative estimate of drug-likeness (QED) is 0.432. The summed E-state index contributed by atoms with van der Waals surface area (Å²) in [5.74, 6) is -0.198. The lowest BCUT2D eigenvalue weighted by atomic mass is 10.1. The van der Waals surface area contributed by atoms with Crippen LogP contribution in [0.3, 0.4) is 0 Å². The lowest BCUT2D eigenvalue weighted by Crippen LogP contribution is -2.55. The van der Waals surface area contributed by atoms with Gasteiger partial charge < -0.3 is 9.97 Å². The van der Waals surface area contributed by atoms with E-state index in [1.165, 1.54) is 16.7 Å². The first-order valence-electron chi connectivity index (χ1n) is 11.2. The summed E-state index contributed by atoms with van der Waals surface area (Å²) in [6, 6.07) is 16.9. The Balaban J connectivity index is 1.91. The van der Waals surface area contributed by atoms with Crippen LogP contribution in [0.1, 0.15) is 45.9 Å². The zero-order chi connectivity index (χ0) is 22.6. The van der Waals surface area contributed by atoms with Crippen molar-refractivity contribution in [1.29, 1.82) is 0 Å². The van der Waals surface area contributed by atoms with Gasteiger partial charge in [0.1, 0.15) is 0 Å². The molecule has 0 saturated carbocycles. The van der Waals surface area contributed by atoms with Crippen LogP contribution in [-0.2, 0) is 17.6 Å². The number of carbonyl (C=O) groups is 1. The van der Waals surface area contributed by atoms with E-state index in [2.05, 4.69) is 91.8 Å². The zero-order valence-electron chi connectivity index (χ0n) is 19.4. The highest BCUT2D eigenvalue weighted by molar-refractivity contribution is 6.84. The largest absolute Gasteiger partial charge is 0.378 e. The molecule has 4 nitrogen and oxygen atoms in total. The van der Waals surface area contributed by atoms with E-state index in [9.17, 15) is 4.79 Å². The molecule has 0 aliphatic heterocycles. The van der Waals surface area contributed by atoms with Gasteiger partial charge in [0.25, 0.3) is 0 Å². The summed E-state index contributed by atoms with van der Waals surface area (Å²) in [4.78, 5) is 16.9. The fraction of sp³-hybridized carbons (Fsp3) is 0.385. The number of benzene rings is 1. The van der Waals surface area contributed by atoms with Gasteiger partial charge in [0.05, 0.1) is 0 Å². The highest BCUT2D eigenvalue weighted by atomic mass is 28.3. The van der Waals surface area contributed by atoms with Crippen LogP contribution in [0.2, 0.25) is 16.6 Å². The van der Waals surface area contributed by atoms with Crippen LogP contribution in [0.15, 0.2) is 67.1 Å². The summed E-state index contributed by atoms with van der Waals surface area (Å²) in [5, 5.41) is 0. The average Bonchev–Trinajstić information content (AvgIpc) is 3.23. The van der Waals surface area contributed by atoms with E-state index < -0.39 is 8.24 Å². The van der Waals surface area contributed by atoms with Crippen LogP contribution in [0.25, 0.3) is 11.1 Å². The number of nitrogens with zero attached hydrogens (tertiary/aromatic N) is 2. The van der Waals surface area contributed by atoms with Crippen molar-refractivity contribution in [3.63, 3.8) is 0 Å². The van der Waals surface area contributed by atoms with Gasteiger partial charge in [-0.15, -0.1) is 0 Å². The number of hydrogen-bond donors (Lipinski definition) is 1. The maximum atomic E-state index is 12.3. The highest BCUT2D eigenvalue weighted by Gasteiger charge is 2.49. The summed E-state index contributed by atoms with van der Waals surface area (Å²) in [5.41, 5.74) is 11.2. The van der Waals surface area contributed by atoms with Gasteiger partial charge >= 0.3 is 0 Å². The maximum Gasteiger partial charge on any atom is 0.219 e. The Bertz CT molecular complexity index is 1000. The Hall–Kier alpha value is -2.66. The molecular weight excluding hydrogens is 398 g/mol. The number of carbonyl (C=O) groups excluding carboxylic acids is 1.